The van der Waals surface area contributed by atoms with Gasteiger partial charge in [-0.3, -0.25) is 4.98 Å². The van der Waals surface area contributed by atoms with E-state index in [2.05, 4.69) is 145 Å². The second kappa shape index (κ2) is 9.62. The van der Waals surface area contributed by atoms with Crippen molar-refractivity contribution >= 4 is 31.6 Å². The van der Waals surface area contributed by atoms with E-state index in [-0.39, 0.29) is 0 Å². The summed E-state index contributed by atoms with van der Waals surface area (Å²) in [6.45, 7) is 0. The van der Waals surface area contributed by atoms with Gasteiger partial charge in [-0.25, -0.2) is 0 Å². The van der Waals surface area contributed by atoms with Crippen molar-refractivity contribution < 1.29 is 0 Å². The topological polar surface area (TPSA) is 12.9 Å². The molecule has 0 spiro atoms. The molecule has 0 N–H and O–H groups in total. The molecule has 2 heteroatoms. The Bertz CT molecular complexity index is 2340. The average molecular weight is 564 g/mol. The maximum atomic E-state index is 4.66. The van der Waals surface area contributed by atoms with E-state index < -0.39 is 0 Å². The Morgan fingerprint density at radius 1 is 0.349 bits per heavy atom. The quantitative estimate of drug-likeness (QED) is 0.204. The van der Waals surface area contributed by atoms with Gasteiger partial charge in [-0.2, -0.15) is 0 Å². The lowest BCUT2D eigenvalue weighted by Gasteiger charge is -2.23. The Hall–Kier alpha value is -5.31. The first-order valence-corrected chi connectivity index (χ1v) is 15.4. The van der Waals surface area contributed by atoms with Crippen LogP contribution >= 0.6 is 11.3 Å². The Kier molecular flexibility index (Phi) is 5.44. The number of nitrogens with zero attached hydrogens (tertiary/aromatic N) is 1. The zero-order valence-corrected chi connectivity index (χ0v) is 24.1. The normalized spacial score (nSPS) is 11.7. The minimum absolute atomic E-state index is 1.09. The number of thiophene rings is 1. The number of benzene rings is 6. The molecule has 0 amide bonds. The van der Waals surface area contributed by atoms with Gasteiger partial charge < -0.3 is 0 Å². The first kappa shape index (κ1) is 24.3. The second-order valence-corrected chi connectivity index (χ2v) is 12.2. The van der Waals surface area contributed by atoms with Gasteiger partial charge in [-0.05, 0) is 97.1 Å². The van der Waals surface area contributed by atoms with Gasteiger partial charge in [0.15, 0.2) is 0 Å². The van der Waals surface area contributed by atoms with Crippen LogP contribution in [0.2, 0.25) is 0 Å². The molecule has 2 heterocycles. The number of hydrogen-bond donors (Lipinski definition) is 0. The summed E-state index contributed by atoms with van der Waals surface area (Å²) in [4.78, 5) is 4.66. The molecule has 1 aliphatic rings. The van der Waals surface area contributed by atoms with E-state index in [1.165, 1.54) is 81.5 Å². The van der Waals surface area contributed by atoms with Crippen LogP contribution in [0, 0.1) is 0 Å². The summed E-state index contributed by atoms with van der Waals surface area (Å²) in [6.07, 6.45) is 1.88. The molecule has 0 aliphatic heterocycles. The van der Waals surface area contributed by atoms with Crippen molar-refractivity contribution in [3.63, 3.8) is 0 Å². The lowest BCUT2D eigenvalue weighted by molar-refractivity contribution is 1.44. The van der Waals surface area contributed by atoms with Gasteiger partial charge >= 0.3 is 0 Å². The molecule has 200 valence electrons. The van der Waals surface area contributed by atoms with Crippen LogP contribution < -0.4 is 0 Å². The van der Waals surface area contributed by atoms with Gasteiger partial charge in [0.05, 0.1) is 10.2 Å². The van der Waals surface area contributed by atoms with E-state index in [9.17, 15) is 0 Å². The molecule has 43 heavy (non-hydrogen) atoms. The molecule has 1 nitrogen and oxygen atoms in total. The summed E-state index contributed by atoms with van der Waals surface area (Å²) >= 11 is 1.80. The lowest BCUT2D eigenvalue weighted by atomic mass is 9.80. The molecule has 0 radical (unpaired) electrons. The Labute approximate surface area is 254 Å². The molecule has 0 unspecified atom stereocenters. The number of aromatic nitrogens is 1. The van der Waals surface area contributed by atoms with Crippen LogP contribution in [0.25, 0.3) is 87.1 Å². The van der Waals surface area contributed by atoms with Gasteiger partial charge in [0.25, 0.3) is 0 Å². The van der Waals surface area contributed by atoms with Crippen molar-refractivity contribution in [3.05, 3.63) is 152 Å². The minimum Gasteiger partial charge on any atom is -0.255 e. The molecule has 0 saturated carbocycles. The van der Waals surface area contributed by atoms with Crippen molar-refractivity contribution in [3.8, 4) is 66.8 Å². The highest BCUT2D eigenvalue weighted by atomic mass is 32.1. The highest BCUT2D eigenvalue weighted by Gasteiger charge is 2.21. The standard InChI is InChI=1S/C41H25NS/c1-2-9-31-30(8-1)32-10-3-4-12-34(32)36-21-19-28(24-37(36)35-13-6-5-11-33(31)35)26-15-17-27(18-16-26)29-20-22-39-38(25-29)41-40(43-39)14-7-23-42-41/h1-25H. The molecule has 0 saturated heterocycles. The second-order valence-electron chi connectivity index (χ2n) is 11.1. The fraction of sp³-hybridized carbons (Fsp3) is 0. The third-order valence-corrected chi connectivity index (χ3v) is 9.86. The van der Waals surface area contributed by atoms with Crippen LogP contribution in [0.3, 0.4) is 0 Å². The SMILES string of the molecule is c1ccc2c(c1)-c1ccccc1-c1ccc(-c3ccc(-c4ccc5sc6cccnc6c5c4)cc3)cc1-c1ccccc1-2. The van der Waals surface area contributed by atoms with Crippen molar-refractivity contribution in [2.75, 3.05) is 0 Å². The molecule has 9 rings (SSSR count). The number of rotatable bonds is 2. The predicted molar refractivity (Wildman–Crippen MR) is 183 cm³/mol. The highest BCUT2D eigenvalue weighted by Crippen LogP contribution is 2.48. The maximum absolute atomic E-state index is 4.66. The fourth-order valence-corrected chi connectivity index (χ4v) is 7.72. The van der Waals surface area contributed by atoms with Crippen LogP contribution in [-0.2, 0) is 0 Å². The summed E-state index contributed by atoms with van der Waals surface area (Å²) in [5.41, 5.74) is 16.1. The molecule has 8 aromatic rings. The van der Waals surface area contributed by atoms with Crippen molar-refractivity contribution in [1.29, 1.82) is 0 Å². The zero-order chi connectivity index (χ0) is 28.3. The van der Waals surface area contributed by atoms with Crippen molar-refractivity contribution in [1.82, 2.24) is 4.98 Å². The average Bonchev–Trinajstić information content (AvgIpc) is 3.46. The molecule has 0 atom stereocenters. The van der Waals surface area contributed by atoms with E-state index >= 15 is 0 Å². The van der Waals surface area contributed by atoms with Crippen LogP contribution in [-0.4, -0.2) is 4.98 Å². The summed E-state index contributed by atoms with van der Waals surface area (Å²) in [5, 5.41) is 1.23. The van der Waals surface area contributed by atoms with Gasteiger partial charge in [0, 0.05) is 16.3 Å². The smallest absolute Gasteiger partial charge is 0.0888 e. The van der Waals surface area contributed by atoms with Crippen LogP contribution in [0.4, 0.5) is 0 Å². The third kappa shape index (κ3) is 3.88. The maximum Gasteiger partial charge on any atom is 0.0888 e. The number of pyridine rings is 1. The van der Waals surface area contributed by atoms with Crippen molar-refractivity contribution in [2.24, 2.45) is 0 Å². The first-order chi connectivity index (χ1) is 21.3. The minimum atomic E-state index is 1.09. The van der Waals surface area contributed by atoms with E-state index in [4.69, 9.17) is 0 Å². The molecule has 2 aromatic heterocycles. The molecule has 1 aliphatic carbocycles. The Balaban J connectivity index is 1.17. The van der Waals surface area contributed by atoms with E-state index in [0.717, 1.165) is 5.52 Å². The summed E-state index contributed by atoms with van der Waals surface area (Å²) in [6, 6.07) is 53.3. The molecule has 6 aromatic carbocycles. The van der Waals surface area contributed by atoms with Crippen LogP contribution in [0.5, 0.6) is 0 Å². The van der Waals surface area contributed by atoms with Crippen LogP contribution in [0.1, 0.15) is 0 Å². The first-order valence-electron chi connectivity index (χ1n) is 14.6. The monoisotopic (exact) mass is 563 g/mol. The van der Waals surface area contributed by atoms with Gasteiger partial charge in [-0.15, -0.1) is 11.3 Å². The fourth-order valence-electron chi connectivity index (χ4n) is 6.67. The Morgan fingerprint density at radius 3 is 1.40 bits per heavy atom. The number of fused-ring (bicyclic) bond motifs is 11. The van der Waals surface area contributed by atoms with Gasteiger partial charge in [-0.1, -0.05) is 115 Å². The third-order valence-electron chi connectivity index (χ3n) is 8.74. The van der Waals surface area contributed by atoms with E-state index in [0.29, 0.717) is 0 Å². The van der Waals surface area contributed by atoms with Crippen LogP contribution in [0.15, 0.2) is 152 Å². The Morgan fingerprint density at radius 2 is 0.814 bits per heavy atom. The van der Waals surface area contributed by atoms with E-state index in [1.54, 1.807) is 11.3 Å². The summed E-state index contributed by atoms with van der Waals surface area (Å²) in [5.74, 6) is 0. The molecular formula is C41H25NS. The summed E-state index contributed by atoms with van der Waals surface area (Å²) < 4.78 is 2.51. The molecule has 0 bridgehead atoms. The van der Waals surface area contributed by atoms with E-state index in [1.807, 2.05) is 12.3 Å². The summed E-state index contributed by atoms with van der Waals surface area (Å²) in [7, 11) is 0. The highest BCUT2D eigenvalue weighted by molar-refractivity contribution is 7.25. The molecular weight excluding hydrogens is 539 g/mol. The predicted octanol–water partition coefficient (Wildman–Crippen LogP) is 11.8. The number of hydrogen-bond acceptors (Lipinski definition) is 2. The lowest BCUT2D eigenvalue weighted by Crippen LogP contribution is -1.97. The molecule has 0 fully saturated rings. The largest absolute Gasteiger partial charge is 0.255 e. The van der Waals surface area contributed by atoms with Gasteiger partial charge in [0.2, 0.25) is 0 Å². The zero-order valence-electron chi connectivity index (χ0n) is 23.3. The van der Waals surface area contributed by atoms with Gasteiger partial charge in [0.1, 0.15) is 0 Å². The van der Waals surface area contributed by atoms with Crippen molar-refractivity contribution in [2.45, 2.75) is 0 Å².